The van der Waals surface area contributed by atoms with Crippen LogP contribution >= 0.6 is 0 Å². The first-order valence-corrected chi connectivity index (χ1v) is 45.1. The summed E-state index contributed by atoms with van der Waals surface area (Å²) in [7, 11) is -65.7. The molecular weight excluding hydrogens is 1910 g/mol. The maximum Gasteiger partial charge on any atom is 1.00 e. The third-order valence-electron chi connectivity index (χ3n) is 20.2. The van der Waals surface area contributed by atoms with E-state index in [4.69, 9.17) is 28.4 Å². The summed E-state index contributed by atoms with van der Waals surface area (Å²) in [6, 6.07) is 0. The molecule has 4 aliphatic carbocycles. The van der Waals surface area contributed by atoms with Crippen LogP contribution in [0, 0.1) is 52.3 Å². The van der Waals surface area contributed by atoms with E-state index < -0.39 is 229 Å². The maximum atomic E-state index is 12.8. The molecule has 0 aromatic carbocycles. The van der Waals surface area contributed by atoms with Crippen LogP contribution in [-0.2, 0) is 181 Å². The SMILES string of the molecule is CC(C)CCC[C@@H](C)[C@H]1CC[C@H]2[C@@H]3CC[C@H]4C[C@@H](OCc5cn([C@@H]6O[C@H](COS(=O)(=O)[O-])[C@@H](O[C@H]7O[C@H](COS(=O)(=O)[O-])[C@@H](O[C@H]8O[C@H](COS(=O)(=O)[O-])[C@@H](OS(=O)(=O)[O-])[C@H](OS(=O)(=O)[O-])[C@H]8OS(=O)(=O)[O-])[C@H](OS(=O)(=O)[O-])[C@H]7OS(=O)(=O)[O-])[C@H](OS(=O)(=O)[O-])[C@H]6OS(=O)(=O)[O-])nn5)CC[C@]4(C)[C@H]3CC[C@]12C.[Na+].[Na+].[Na+].[Na+].[Na+].[Na+].[Na+].[Na+].[Na+].[Na+]. The van der Waals surface area contributed by atoms with Crippen LogP contribution < -0.4 is 296 Å². The largest absolute Gasteiger partial charge is 1.00 e. The van der Waals surface area contributed by atoms with E-state index in [-0.39, 0.29) is 318 Å². The maximum absolute atomic E-state index is 12.8. The summed E-state index contributed by atoms with van der Waals surface area (Å²) in [5.41, 5.74) is -0.0491. The van der Waals surface area contributed by atoms with E-state index in [0.717, 1.165) is 44.7 Å². The average Bonchev–Trinajstić information content (AvgIpc) is 1.65. The first kappa shape index (κ1) is 129. The van der Waals surface area contributed by atoms with Crippen molar-refractivity contribution in [2.45, 2.75) is 216 Å². The van der Waals surface area contributed by atoms with E-state index in [9.17, 15) is 130 Å². The zero-order valence-corrected chi connectivity index (χ0v) is 94.0. The van der Waals surface area contributed by atoms with Gasteiger partial charge < -0.3 is 73.9 Å². The minimum absolute atomic E-state index is 0. The van der Waals surface area contributed by atoms with E-state index in [0.29, 0.717) is 53.0 Å². The molecule has 624 valence electrons. The molecule has 49 nitrogen and oxygen atoms in total. The second kappa shape index (κ2) is 51.7. The summed E-state index contributed by atoms with van der Waals surface area (Å²) in [4.78, 5) is 0. The third-order valence-corrected chi connectivity index (χ3v) is 24.7. The number of hydrogen-bond donors (Lipinski definition) is 0. The molecular formula is C48H71N3Na10O46S10. The Morgan fingerprint density at radius 3 is 1.21 bits per heavy atom. The van der Waals surface area contributed by atoms with Crippen LogP contribution in [-0.4, -0.2) is 256 Å². The fraction of sp³-hybridized carbons (Fsp3) is 0.958. The van der Waals surface area contributed by atoms with Gasteiger partial charge in [0.15, 0.2) is 37.1 Å². The first-order valence-electron chi connectivity index (χ1n) is 31.7. The molecule has 7 aliphatic rings. The van der Waals surface area contributed by atoms with Gasteiger partial charge in [0.2, 0.25) is 104 Å². The number of hydrogen-bond acceptors (Lipinski definition) is 48. The molecule has 4 heterocycles. The van der Waals surface area contributed by atoms with E-state index in [1.165, 1.54) is 25.7 Å². The van der Waals surface area contributed by atoms with Crippen molar-refractivity contribution in [3.8, 4) is 0 Å². The Labute approximate surface area is 899 Å². The average molecular weight is 1980 g/mol. The normalized spacial score (nSPS) is 33.2. The molecule has 0 radical (unpaired) electrons. The number of fused-ring (bicyclic) bond motifs is 5. The summed E-state index contributed by atoms with van der Waals surface area (Å²) < 4.78 is 444. The predicted molar refractivity (Wildman–Crippen MR) is 322 cm³/mol. The molecule has 7 fully saturated rings. The van der Waals surface area contributed by atoms with Gasteiger partial charge >= 0.3 is 296 Å². The van der Waals surface area contributed by atoms with E-state index >= 15 is 0 Å². The van der Waals surface area contributed by atoms with Crippen molar-refractivity contribution in [3.05, 3.63) is 11.9 Å². The minimum atomic E-state index is -6.90. The summed E-state index contributed by atoms with van der Waals surface area (Å²) in [6.07, 6.45) is -40.0. The Morgan fingerprint density at radius 2 is 0.795 bits per heavy atom. The molecule has 1 aromatic rings. The predicted octanol–water partition coefficient (Wildman–Crippen LogP) is -34.2. The Balaban J connectivity index is -0.0000130. The van der Waals surface area contributed by atoms with Gasteiger partial charge in [-0.3, -0.25) is 41.8 Å². The third kappa shape index (κ3) is 39.7. The Kier molecular flexibility index (Phi) is 56.9. The smallest absolute Gasteiger partial charge is 0.726 e. The molecule has 0 N–H and O–H groups in total. The number of rotatable bonds is 36. The van der Waals surface area contributed by atoms with Gasteiger partial charge in [-0.1, -0.05) is 59.1 Å². The van der Waals surface area contributed by atoms with Crippen molar-refractivity contribution in [1.29, 1.82) is 0 Å². The fourth-order valence-electron chi connectivity index (χ4n) is 16.4. The van der Waals surface area contributed by atoms with Crippen LogP contribution in [0.15, 0.2) is 6.20 Å². The Bertz CT molecular complexity index is 4530. The van der Waals surface area contributed by atoms with Crippen molar-refractivity contribution < 1.29 is 496 Å². The zero-order valence-electron chi connectivity index (χ0n) is 65.9. The second-order valence-corrected chi connectivity index (χ2v) is 37.5. The van der Waals surface area contributed by atoms with Crippen LogP contribution in [0.5, 0.6) is 0 Å². The van der Waals surface area contributed by atoms with E-state index in [1.807, 2.05) is 0 Å². The first-order chi connectivity index (χ1) is 48.7. The number of nitrogens with zero attached hydrogens (tertiary/aromatic N) is 3. The monoisotopic (exact) mass is 1970 g/mol. The molecule has 24 atom stereocenters. The van der Waals surface area contributed by atoms with Crippen molar-refractivity contribution in [2.24, 2.45) is 52.3 Å². The van der Waals surface area contributed by atoms with Gasteiger partial charge in [0.05, 0.1) is 38.7 Å². The standard InChI is InChI=1S/C48H81N3O46S10.10Na/c1-23(2)7-6-8-24(3)29-11-12-30-28-10-9-25-17-27(13-15-47(25,4)31(28)14-16-48(29,30)5)82-19-26-18-51(50-49-26)44-41(95-105(73,74)75)38(92-102(64,65)66)35(32(86-44)20-83-98(52,53)54)89-45-42(96-106(76,77)78)39(93-103(67,68)69)36(33(87-45)21-84-99(55,56)57)90-46-43(97-107(79,80)81)40(94-104(70,71)72)37(91-101(61,62)63)34(88-46)22-85-100(58,59)60;;;;;;;;;;/h18,23-25,27-46H,6-17,19-22H2,1-5H3,(H,52,53,54)(H,55,56,57)(H,58,59,60)(H,61,62,63)(H,64,65,66)(H,67,68,69)(H,70,71,72)(H,73,74,75)(H,76,77,78)(H,79,80,81);;;;;;;;;;/q;10*+1/p-10/t24-,25+,27+,28+,29-,30+,31+,32-,33-,34-,35-,36-,37-,38+,39+,40+,41-,42-,43-,44-,45-,46-,47+,48-;;;;;;;;;;/m1........../s1. The second-order valence-electron chi connectivity index (χ2n) is 27.3. The van der Waals surface area contributed by atoms with Gasteiger partial charge in [-0.25, -0.2) is 88.9 Å². The fourth-order valence-corrected chi connectivity index (χ4v) is 20.7. The molecule has 4 saturated carbocycles. The Hall–Kier alpha value is 7.60. The van der Waals surface area contributed by atoms with Crippen molar-refractivity contribution in [3.63, 3.8) is 0 Å². The molecule has 0 spiro atoms. The van der Waals surface area contributed by atoms with Crippen LogP contribution in [0.3, 0.4) is 0 Å². The summed E-state index contributed by atoms with van der Waals surface area (Å²) in [5, 5.41) is 7.67. The van der Waals surface area contributed by atoms with Gasteiger partial charge in [0.25, 0.3) is 0 Å². The number of ether oxygens (including phenoxy) is 6. The Morgan fingerprint density at radius 1 is 0.427 bits per heavy atom. The van der Waals surface area contributed by atoms with Gasteiger partial charge in [0, 0.05) is 0 Å². The molecule has 8 rings (SSSR count). The van der Waals surface area contributed by atoms with Crippen LogP contribution in [0.4, 0.5) is 0 Å². The van der Waals surface area contributed by atoms with E-state index in [1.54, 1.807) is 0 Å². The molecule has 0 unspecified atom stereocenters. The molecule has 3 saturated heterocycles. The van der Waals surface area contributed by atoms with Crippen molar-refractivity contribution in [2.75, 3.05) is 19.8 Å². The van der Waals surface area contributed by atoms with Gasteiger partial charge in [-0.2, -0.15) is 0 Å². The van der Waals surface area contributed by atoms with Gasteiger partial charge in [0.1, 0.15) is 60.6 Å². The molecule has 3 aliphatic heterocycles. The van der Waals surface area contributed by atoms with Gasteiger partial charge in [-0.15, -0.1) is 5.10 Å². The van der Waals surface area contributed by atoms with Crippen LogP contribution in [0.1, 0.15) is 124 Å². The van der Waals surface area contributed by atoms with Crippen molar-refractivity contribution >= 4 is 104 Å². The molecule has 0 amide bonds. The molecule has 0 bridgehead atoms. The molecule has 117 heavy (non-hydrogen) atoms. The summed E-state index contributed by atoms with van der Waals surface area (Å²) in [6.45, 7) is 4.58. The summed E-state index contributed by atoms with van der Waals surface area (Å²) >= 11 is 0. The molecule has 69 heteroatoms. The number of aromatic nitrogens is 3. The zero-order chi connectivity index (χ0) is 80.2. The minimum Gasteiger partial charge on any atom is -0.726 e. The van der Waals surface area contributed by atoms with E-state index in [2.05, 4.69) is 86.8 Å². The quantitative estimate of drug-likeness (QED) is 0.0342. The topological polar surface area (TPSA) is 750 Å². The van der Waals surface area contributed by atoms with Gasteiger partial charge in [-0.05, 0) is 110 Å². The van der Waals surface area contributed by atoms with Crippen LogP contribution in [0.25, 0.3) is 0 Å². The van der Waals surface area contributed by atoms with Crippen LogP contribution in [0.2, 0.25) is 0 Å². The van der Waals surface area contributed by atoms with Crippen molar-refractivity contribution in [1.82, 2.24) is 15.0 Å². The molecule has 1 aromatic heterocycles. The summed E-state index contributed by atoms with van der Waals surface area (Å²) in [5.74, 6) is 3.59.